The molecular formula is C23H24N4O2. The monoisotopic (exact) mass is 388 g/mol. The number of benzene rings is 2. The van der Waals surface area contributed by atoms with Gasteiger partial charge in [-0.1, -0.05) is 48.0 Å². The van der Waals surface area contributed by atoms with Crippen molar-refractivity contribution in [2.75, 3.05) is 0 Å². The van der Waals surface area contributed by atoms with E-state index in [0.29, 0.717) is 31.4 Å². The number of nitrogens with one attached hydrogen (secondary N) is 1. The molecule has 6 nitrogen and oxygen atoms in total. The lowest BCUT2D eigenvalue weighted by molar-refractivity contribution is -0.121. The van der Waals surface area contributed by atoms with Gasteiger partial charge in [-0.15, -0.1) is 0 Å². The van der Waals surface area contributed by atoms with Crippen LogP contribution < -0.4 is 10.9 Å². The van der Waals surface area contributed by atoms with Crippen LogP contribution in [0.4, 0.5) is 0 Å². The summed E-state index contributed by atoms with van der Waals surface area (Å²) in [5, 5.41) is 9.00. The van der Waals surface area contributed by atoms with Gasteiger partial charge in [-0.2, -0.15) is 5.10 Å². The molecule has 0 fully saturated rings. The van der Waals surface area contributed by atoms with E-state index >= 15 is 0 Å². The number of fused-ring (bicyclic) bond motifs is 3. The molecule has 0 bridgehead atoms. The van der Waals surface area contributed by atoms with Crippen molar-refractivity contribution in [3.8, 4) is 0 Å². The molecule has 1 amide bonds. The van der Waals surface area contributed by atoms with Crippen LogP contribution in [0.2, 0.25) is 0 Å². The van der Waals surface area contributed by atoms with E-state index in [1.54, 1.807) is 13.2 Å². The van der Waals surface area contributed by atoms with Crippen LogP contribution in [0, 0.1) is 6.92 Å². The predicted octanol–water partition coefficient (Wildman–Crippen LogP) is 3.29. The smallest absolute Gasteiger partial charge is 0.291 e. The van der Waals surface area contributed by atoms with Gasteiger partial charge in [-0.25, -0.2) is 4.68 Å². The maximum atomic E-state index is 12.7. The molecule has 0 radical (unpaired) electrons. The lowest BCUT2D eigenvalue weighted by atomic mass is 10.1. The molecule has 0 spiro atoms. The van der Waals surface area contributed by atoms with E-state index in [-0.39, 0.29) is 11.5 Å². The molecule has 0 saturated carbocycles. The van der Waals surface area contributed by atoms with Crippen molar-refractivity contribution >= 4 is 27.7 Å². The fourth-order valence-corrected chi connectivity index (χ4v) is 3.67. The van der Waals surface area contributed by atoms with E-state index in [2.05, 4.69) is 10.4 Å². The summed E-state index contributed by atoms with van der Waals surface area (Å²) in [6, 6.07) is 16.1. The Morgan fingerprint density at radius 2 is 1.83 bits per heavy atom. The highest BCUT2D eigenvalue weighted by molar-refractivity contribution is 6.07. The summed E-state index contributed by atoms with van der Waals surface area (Å²) in [6.45, 7) is 3.17. The fraction of sp³-hybridized carbons (Fsp3) is 0.261. The van der Waals surface area contributed by atoms with Crippen LogP contribution in [0.1, 0.15) is 24.0 Å². The molecule has 0 unspecified atom stereocenters. The molecule has 0 saturated heterocycles. The normalized spacial score (nSPS) is 11.2. The summed E-state index contributed by atoms with van der Waals surface area (Å²) in [5.41, 5.74) is 3.80. The van der Waals surface area contributed by atoms with Gasteiger partial charge in [0, 0.05) is 42.8 Å². The Morgan fingerprint density at radius 1 is 1.07 bits per heavy atom. The first-order valence-electron chi connectivity index (χ1n) is 9.80. The number of amides is 1. The van der Waals surface area contributed by atoms with E-state index < -0.39 is 0 Å². The molecule has 0 aliphatic rings. The third kappa shape index (κ3) is 3.78. The fourth-order valence-electron chi connectivity index (χ4n) is 3.67. The second-order valence-corrected chi connectivity index (χ2v) is 7.37. The van der Waals surface area contributed by atoms with Crippen LogP contribution in [-0.4, -0.2) is 20.3 Å². The van der Waals surface area contributed by atoms with E-state index in [4.69, 9.17) is 0 Å². The second kappa shape index (κ2) is 7.91. The van der Waals surface area contributed by atoms with E-state index in [1.807, 2.05) is 60.0 Å². The largest absolute Gasteiger partial charge is 0.352 e. The minimum absolute atomic E-state index is 0.0147. The summed E-state index contributed by atoms with van der Waals surface area (Å²) in [6.07, 6.45) is 2.80. The number of para-hydroxylation sites is 1. The van der Waals surface area contributed by atoms with Gasteiger partial charge in [0.25, 0.3) is 5.56 Å². The Bertz CT molecular complexity index is 1240. The van der Waals surface area contributed by atoms with E-state index in [1.165, 1.54) is 10.2 Å². The van der Waals surface area contributed by atoms with Gasteiger partial charge in [0.05, 0.1) is 6.20 Å². The SMILES string of the molecule is Cc1ccc(CNC(=O)CCCn2c3ccccc3c3cnn(C)c(=O)c32)cc1. The molecule has 2 aromatic carbocycles. The quantitative estimate of drug-likeness (QED) is 0.551. The summed E-state index contributed by atoms with van der Waals surface area (Å²) in [7, 11) is 1.66. The predicted molar refractivity (Wildman–Crippen MR) is 115 cm³/mol. The molecule has 0 aliphatic carbocycles. The van der Waals surface area contributed by atoms with Crippen molar-refractivity contribution in [1.82, 2.24) is 19.7 Å². The molecule has 29 heavy (non-hydrogen) atoms. The summed E-state index contributed by atoms with van der Waals surface area (Å²) in [5.74, 6) is 0.0147. The van der Waals surface area contributed by atoms with Crippen molar-refractivity contribution in [3.63, 3.8) is 0 Å². The standard InChI is InChI=1S/C23H24N4O2/c1-16-9-11-17(12-10-16)14-24-21(28)8-5-13-27-20-7-4-3-6-18(20)19-15-25-26(2)23(29)22(19)27/h3-4,6-7,9-12,15H,5,8,13-14H2,1-2H3,(H,24,28). The number of hydrogen-bond donors (Lipinski definition) is 1. The van der Waals surface area contributed by atoms with Crippen LogP contribution in [0.15, 0.2) is 59.5 Å². The number of hydrogen-bond acceptors (Lipinski definition) is 3. The molecular weight excluding hydrogens is 364 g/mol. The maximum absolute atomic E-state index is 12.7. The summed E-state index contributed by atoms with van der Waals surface area (Å²) in [4.78, 5) is 25.0. The number of carbonyl (C=O) groups is 1. The van der Waals surface area contributed by atoms with Crippen molar-refractivity contribution in [1.29, 1.82) is 0 Å². The molecule has 4 aromatic rings. The van der Waals surface area contributed by atoms with Crippen LogP contribution in [0.25, 0.3) is 21.8 Å². The highest BCUT2D eigenvalue weighted by Gasteiger charge is 2.15. The van der Waals surface area contributed by atoms with Crippen LogP contribution >= 0.6 is 0 Å². The Labute approximate surface area is 168 Å². The lowest BCUT2D eigenvalue weighted by Gasteiger charge is -2.09. The first-order chi connectivity index (χ1) is 14.0. The average molecular weight is 388 g/mol. The summed E-state index contributed by atoms with van der Waals surface area (Å²) < 4.78 is 3.37. The molecule has 148 valence electrons. The van der Waals surface area contributed by atoms with Crippen molar-refractivity contribution in [2.24, 2.45) is 7.05 Å². The maximum Gasteiger partial charge on any atom is 0.291 e. The van der Waals surface area contributed by atoms with E-state index in [9.17, 15) is 9.59 Å². The van der Waals surface area contributed by atoms with Gasteiger partial charge >= 0.3 is 0 Å². The van der Waals surface area contributed by atoms with Crippen LogP contribution in [0.5, 0.6) is 0 Å². The molecule has 6 heteroatoms. The molecule has 2 heterocycles. The van der Waals surface area contributed by atoms with Gasteiger partial charge in [0.15, 0.2) is 0 Å². The number of aryl methyl sites for hydroxylation is 3. The van der Waals surface area contributed by atoms with Gasteiger partial charge in [0.2, 0.25) is 5.91 Å². The second-order valence-electron chi connectivity index (χ2n) is 7.37. The van der Waals surface area contributed by atoms with Gasteiger partial charge < -0.3 is 9.88 Å². The third-order valence-electron chi connectivity index (χ3n) is 5.26. The number of carbonyl (C=O) groups excluding carboxylic acids is 1. The zero-order valence-corrected chi connectivity index (χ0v) is 16.7. The molecule has 4 rings (SSSR count). The first kappa shape index (κ1) is 18.9. The number of aromatic nitrogens is 3. The molecule has 0 atom stereocenters. The highest BCUT2D eigenvalue weighted by Crippen LogP contribution is 2.26. The van der Waals surface area contributed by atoms with Crippen LogP contribution in [0.3, 0.4) is 0 Å². The Morgan fingerprint density at radius 3 is 2.62 bits per heavy atom. The average Bonchev–Trinajstić information content (AvgIpc) is 3.05. The van der Waals surface area contributed by atoms with Gasteiger partial charge in [-0.3, -0.25) is 9.59 Å². The van der Waals surface area contributed by atoms with Crippen LogP contribution in [-0.2, 0) is 24.9 Å². The van der Waals surface area contributed by atoms with Crippen molar-refractivity contribution in [2.45, 2.75) is 32.9 Å². The number of rotatable bonds is 6. The van der Waals surface area contributed by atoms with E-state index in [0.717, 1.165) is 21.9 Å². The minimum atomic E-state index is -0.123. The first-order valence-corrected chi connectivity index (χ1v) is 9.80. The zero-order chi connectivity index (χ0) is 20.4. The summed E-state index contributed by atoms with van der Waals surface area (Å²) >= 11 is 0. The zero-order valence-electron chi connectivity index (χ0n) is 16.7. The van der Waals surface area contributed by atoms with Crippen molar-refractivity contribution in [3.05, 3.63) is 76.2 Å². The lowest BCUT2D eigenvalue weighted by Crippen LogP contribution is -2.23. The Hall–Kier alpha value is -3.41. The molecule has 1 N–H and O–H groups in total. The topological polar surface area (TPSA) is 68.9 Å². The molecule has 2 aromatic heterocycles. The highest BCUT2D eigenvalue weighted by atomic mass is 16.1. The Balaban J connectivity index is 1.48. The minimum Gasteiger partial charge on any atom is -0.352 e. The van der Waals surface area contributed by atoms with Crippen molar-refractivity contribution < 1.29 is 4.79 Å². The number of nitrogens with zero attached hydrogens (tertiary/aromatic N) is 3. The Kier molecular flexibility index (Phi) is 5.16. The molecule has 0 aliphatic heterocycles. The third-order valence-corrected chi connectivity index (χ3v) is 5.26. The van der Waals surface area contributed by atoms with Gasteiger partial charge in [0.1, 0.15) is 5.52 Å². The van der Waals surface area contributed by atoms with Gasteiger partial charge in [-0.05, 0) is 25.0 Å².